The van der Waals surface area contributed by atoms with Crippen LogP contribution in [0.15, 0.2) is 18.3 Å². The molecule has 0 saturated heterocycles. The van der Waals surface area contributed by atoms with Crippen LogP contribution in [0.5, 0.6) is 0 Å². The molecule has 2 N–H and O–H groups in total. The molecule has 2 rings (SSSR count). The van der Waals surface area contributed by atoms with E-state index in [0.29, 0.717) is 16.9 Å². The first-order chi connectivity index (χ1) is 9.58. The second-order valence-corrected chi connectivity index (χ2v) is 5.50. The van der Waals surface area contributed by atoms with E-state index in [4.69, 9.17) is 11.6 Å². The van der Waals surface area contributed by atoms with Gasteiger partial charge in [0.25, 0.3) is 0 Å². The van der Waals surface area contributed by atoms with Crippen molar-refractivity contribution >= 4 is 28.5 Å². The first-order valence-electron chi connectivity index (χ1n) is 6.75. The average Bonchev–Trinajstić information content (AvgIpc) is 2.45. The number of anilines is 1. The van der Waals surface area contributed by atoms with Crippen molar-refractivity contribution in [1.82, 2.24) is 15.0 Å². The second kappa shape index (κ2) is 6.33. The number of rotatable bonds is 6. The van der Waals surface area contributed by atoms with Gasteiger partial charge >= 0.3 is 0 Å². The number of aliphatic hydroxyl groups is 1. The predicted molar refractivity (Wildman–Crippen MR) is 81.0 cm³/mol. The maximum atomic E-state index is 9.66. The summed E-state index contributed by atoms with van der Waals surface area (Å²) < 4.78 is 0. The lowest BCUT2D eigenvalue weighted by atomic mass is 9.96. The molecule has 0 radical (unpaired) electrons. The first kappa shape index (κ1) is 14.9. The molecule has 1 atom stereocenters. The van der Waals surface area contributed by atoms with Crippen molar-refractivity contribution in [3.63, 3.8) is 0 Å². The minimum Gasteiger partial charge on any atom is -0.394 e. The van der Waals surface area contributed by atoms with E-state index in [1.54, 1.807) is 12.3 Å². The van der Waals surface area contributed by atoms with Crippen LogP contribution in [0.3, 0.4) is 0 Å². The highest BCUT2D eigenvalue weighted by Gasteiger charge is 2.24. The van der Waals surface area contributed by atoms with Gasteiger partial charge in [0, 0.05) is 6.20 Å². The summed E-state index contributed by atoms with van der Waals surface area (Å²) in [7, 11) is 0. The number of aromatic nitrogens is 3. The molecule has 0 aliphatic rings. The van der Waals surface area contributed by atoms with Gasteiger partial charge in [-0.3, -0.25) is 4.98 Å². The van der Waals surface area contributed by atoms with Crippen LogP contribution >= 0.6 is 11.6 Å². The Morgan fingerprint density at radius 3 is 2.90 bits per heavy atom. The van der Waals surface area contributed by atoms with Gasteiger partial charge < -0.3 is 10.4 Å². The Morgan fingerprint density at radius 1 is 1.40 bits per heavy atom. The summed E-state index contributed by atoms with van der Waals surface area (Å²) in [6.45, 7) is 4.10. The number of pyridine rings is 1. The van der Waals surface area contributed by atoms with Crippen molar-refractivity contribution in [2.24, 2.45) is 0 Å². The molecule has 0 amide bonds. The van der Waals surface area contributed by atoms with Crippen LogP contribution in [0.25, 0.3) is 11.0 Å². The third-order valence-corrected chi connectivity index (χ3v) is 3.45. The molecule has 0 aromatic carbocycles. The lowest BCUT2D eigenvalue weighted by Crippen LogP contribution is -2.39. The van der Waals surface area contributed by atoms with Gasteiger partial charge in [0.15, 0.2) is 5.82 Å². The summed E-state index contributed by atoms with van der Waals surface area (Å²) in [5.74, 6) is 0.563. The number of nitrogens with zero attached hydrogens (tertiary/aromatic N) is 3. The van der Waals surface area contributed by atoms with Crippen molar-refractivity contribution in [3.8, 4) is 0 Å². The summed E-state index contributed by atoms with van der Waals surface area (Å²) in [5.41, 5.74) is 0.900. The normalized spacial score (nSPS) is 14.2. The van der Waals surface area contributed by atoms with Crippen molar-refractivity contribution in [3.05, 3.63) is 23.6 Å². The molecule has 0 spiro atoms. The quantitative estimate of drug-likeness (QED) is 0.801. The molecule has 5 nitrogen and oxygen atoms in total. The largest absolute Gasteiger partial charge is 0.394 e. The fourth-order valence-corrected chi connectivity index (χ4v) is 2.24. The van der Waals surface area contributed by atoms with E-state index in [1.165, 1.54) is 0 Å². The Morgan fingerprint density at radius 2 is 2.20 bits per heavy atom. The third kappa shape index (κ3) is 3.35. The Balaban J connectivity index is 2.36. The van der Waals surface area contributed by atoms with Crippen LogP contribution in [-0.4, -0.2) is 32.2 Å². The number of hydrogen-bond acceptors (Lipinski definition) is 5. The molecule has 2 aromatic rings. The number of hydrogen-bond donors (Lipinski definition) is 2. The Hall–Kier alpha value is -1.46. The maximum Gasteiger partial charge on any atom is 0.225 e. The van der Waals surface area contributed by atoms with Gasteiger partial charge in [0.1, 0.15) is 5.52 Å². The monoisotopic (exact) mass is 294 g/mol. The van der Waals surface area contributed by atoms with Crippen molar-refractivity contribution in [1.29, 1.82) is 0 Å². The topological polar surface area (TPSA) is 70.9 Å². The molecule has 2 aromatic heterocycles. The highest BCUT2D eigenvalue weighted by Crippen LogP contribution is 2.25. The van der Waals surface area contributed by atoms with Crippen LogP contribution in [0.4, 0.5) is 5.82 Å². The van der Waals surface area contributed by atoms with E-state index in [1.807, 2.05) is 13.0 Å². The summed E-state index contributed by atoms with van der Waals surface area (Å²) in [5, 5.41) is 13.1. The number of unbranched alkanes of at least 4 members (excludes halogenated alkanes) is 1. The lowest BCUT2D eigenvalue weighted by molar-refractivity contribution is 0.212. The van der Waals surface area contributed by atoms with Crippen LogP contribution in [-0.2, 0) is 0 Å². The van der Waals surface area contributed by atoms with E-state index in [9.17, 15) is 5.11 Å². The molecular formula is C14H19ClN4O. The molecule has 0 bridgehead atoms. The highest BCUT2D eigenvalue weighted by atomic mass is 35.5. The van der Waals surface area contributed by atoms with Gasteiger partial charge in [-0.15, -0.1) is 0 Å². The minimum atomic E-state index is -0.446. The lowest BCUT2D eigenvalue weighted by Gasteiger charge is -2.29. The Labute approximate surface area is 123 Å². The van der Waals surface area contributed by atoms with E-state index in [0.717, 1.165) is 19.3 Å². The zero-order valence-electron chi connectivity index (χ0n) is 11.7. The summed E-state index contributed by atoms with van der Waals surface area (Å²) >= 11 is 5.95. The SMILES string of the molecule is CCCC[C@](C)(CO)Nc1nc(Cl)nc2cccnc12. The molecule has 0 fully saturated rings. The first-order valence-corrected chi connectivity index (χ1v) is 7.13. The zero-order chi connectivity index (χ0) is 14.6. The molecule has 108 valence electrons. The molecular weight excluding hydrogens is 276 g/mol. The third-order valence-electron chi connectivity index (χ3n) is 3.28. The van der Waals surface area contributed by atoms with E-state index < -0.39 is 5.54 Å². The molecule has 0 aliphatic heterocycles. The van der Waals surface area contributed by atoms with Crippen molar-refractivity contribution in [2.45, 2.75) is 38.6 Å². The Bertz CT molecular complexity index is 592. The zero-order valence-corrected chi connectivity index (χ0v) is 12.5. The van der Waals surface area contributed by atoms with Crippen LogP contribution < -0.4 is 5.32 Å². The van der Waals surface area contributed by atoms with E-state index in [-0.39, 0.29) is 11.9 Å². The Kier molecular flexibility index (Phi) is 4.73. The summed E-state index contributed by atoms with van der Waals surface area (Å²) in [6.07, 6.45) is 4.62. The average molecular weight is 295 g/mol. The number of halogens is 1. The van der Waals surface area contributed by atoms with Gasteiger partial charge in [-0.05, 0) is 37.1 Å². The van der Waals surface area contributed by atoms with Crippen LogP contribution in [0.1, 0.15) is 33.1 Å². The summed E-state index contributed by atoms with van der Waals surface area (Å²) in [6, 6.07) is 3.64. The van der Waals surface area contributed by atoms with Crippen molar-refractivity contribution in [2.75, 3.05) is 11.9 Å². The van der Waals surface area contributed by atoms with Crippen molar-refractivity contribution < 1.29 is 5.11 Å². The second-order valence-electron chi connectivity index (χ2n) is 5.16. The number of nitrogens with one attached hydrogen (secondary N) is 1. The number of fused-ring (bicyclic) bond motifs is 1. The summed E-state index contributed by atoms with van der Waals surface area (Å²) in [4.78, 5) is 12.6. The minimum absolute atomic E-state index is 0.0168. The van der Waals surface area contributed by atoms with Crippen LogP contribution in [0, 0.1) is 0 Å². The molecule has 20 heavy (non-hydrogen) atoms. The van der Waals surface area contributed by atoms with Gasteiger partial charge in [-0.2, -0.15) is 4.98 Å². The van der Waals surface area contributed by atoms with Gasteiger partial charge in [-0.1, -0.05) is 19.8 Å². The predicted octanol–water partition coefficient (Wildman–Crippen LogP) is 3.03. The molecule has 0 saturated carbocycles. The molecule has 0 aliphatic carbocycles. The fourth-order valence-electron chi connectivity index (χ4n) is 2.06. The van der Waals surface area contributed by atoms with E-state index in [2.05, 4.69) is 27.2 Å². The molecule has 2 heterocycles. The van der Waals surface area contributed by atoms with Gasteiger partial charge in [0.2, 0.25) is 5.28 Å². The smallest absolute Gasteiger partial charge is 0.225 e. The number of aliphatic hydroxyl groups excluding tert-OH is 1. The molecule has 0 unspecified atom stereocenters. The van der Waals surface area contributed by atoms with E-state index >= 15 is 0 Å². The van der Waals surface area contributed by atoms with Gasteiger partial charge in [0.05, 0.1) is 17.7 Å². The van der Waals surface area contributed by atoms with Gasteiger partial charge in [-0.25, -0.2) is 4.98 Å². The maximum absolute atomic E-state index is 9.66. The highest BCUT2D eigenvalue weighted by molar-refractivity contribution is 6.28. The standard InChI is InChI=1S/C14H19ClN4O/c1-3-4-7-14(2,9-20)19-12-11-10(6-5-8-16-11)17-13(15)18-12/h5-6,8,20H,3-4,7,9H2,1-2H3,(H,17,18,19)/t14-/m1/s1. The molecule has 6 heteroatoms. The fraction of sp³-hybridized carbons (Fsp3) is 0.500. The van der Waals surface area contributed by atoms with Crippen LogP contribution in [0.2, 0.25) is 5.28 Å².